The second-order valence-corrected chi connectivity index (χ2v) is 3.85. The van der Waals surface area contributed by atoms with Gasteiger partial charge in [-0.2, -0.15) is 0 Å². The van der Waals surface area contributed by atoms with Crippen LogP contribution >= 0.6 is 0 Å². The van der Waals surface area contributed by atoms with Gasteiger partial charge in [-0.15, -0.1) is 0 Å². The van der Waals surface area contributed by atoms with Crippen LogP contribution in [0.3, 0.4) is 0 Å². The minimum atomic E-state index is 0.0893. The predicted octanol–water partition coefficient (Wildman–Crippen LogP) is 1.30. The van der Waals surface area contributed by atoms with Gasteiger partial charge >= 0.3 is 0 Å². The molecule has 94 valence electrons. The lowest BCUT2D eigenvalue weighted by Gasteiger charge is -2.08. The maximum Gasteiger partial charge on any atom is 0.219 e. The number of aryl methyl sites for hydroxylation is 1. The zero-order chi connectivity index (χ0) is 12.7. The summed E-state index contributed by atoms with van der Waals surface area (Å²) in [5.74, 6) is 0.907. The number of carbonyl (C=O) groups excluding carboxylic acids is 1. The number of aromatic nitrogens is 1. The number of anilines is 2. The molecule has 0 bridgehead atoms. The molecule has 0 unspecified atom stereocenters. The quantitative estimate of drug-likeness (QED) is 0.650. The molecule has 17 heavy (non-hydrogen) atoms. The summed E-state index contributed by atoms with van der Waals surface area (Å²) in [6.07, 6.45) is 1.41. The van der Waals surface area contributed by atoms with E-state index in [1.165, 1.54) is 0 Å². The lowest BCUT2D eigenvalue weighted by Crippen LogP contribution is -2.24. The molecular weight excluding hydrogens is 216 g/mol. The number of nitrogens with two attached hydrogens (primary N) is 1. The molecule has 4 N–H and O–H groups in total. The molecule has 0 aromatic carbocycles. The van der Waals surface area contributed by atoms with Crippen molar-refractivity contribution >= 4 is 17.4 Å². The van der Waals surface area contributed by atoms with Gasteiger partial charge in [-0.1, -0.05) is 6.92 Å². The minimum Gasteiger partial charge on any atom is -0.397 e. The third-order valence-corrected chi connectivity index (χ3v) is 2.43. The van der Waals surface area contributed by atoms with Gasteiger partial charge in [0.15, 0.2) is 0 Å². The molecule has 0 aliphatic carbocycles. The number of rotatable bonds is 6. The van der Waals surface area contributed by atoms with E-state index >= 15 is 0 Å². The molecule has 1 aromatic heterocycles. The molecule has 0 spiro atoms. The Morgan fingerprint density at radius 1 is 1.41 bits per heavy atom. The Hall–Kier alpha value is -1.78. The van der Waals surface area contributed by atoms with Gasteiger partial charge in [-0.25, -0.2) is 4.98 Å². The van der Waals surface area contributed by atoms with Gasteiger partial charge in [0.25, 0.3) is 0 Å². The summed E-state index contributed by atoms with van der Waals surface area (Å²) in [4.78, 5) is 15.3. The van der Waals surface area contributed by atoms with E-state index in [1.807, 2.05) is 26.0 Å². The Balaban J connectivity index is 2.22. The average molecular weight is 236 g/mol. The Bertz CT molecular complexity index is 379. The fourth-order valence-corrected chi connectivity index (χ4v) is 1.33. The minimum absolute atomic E-state index is 0.0893. The van der Waals surface area contributed by atoms with Gasteiger partial charge in [-0.3, -0.25) is 4.79 Å². The van der Waals surface area contributed by atoms with Crippen molar-refractivity contribution < 1.29 is 4.79 Å². The van der Waals surface area contributed by atoms with Crippen molar-refractivity contribution in [3.63, 3.8) is 0 Å². The number of nitrogens with one attached hydrogen (secondary N) is 2. The highest BCUT2D eigenvalue weighted by Crippen LogP contribution is 2.11. The first-order chi connectivity index (χ1) is 8.13. The van der Waals surface area contributed by atoms with Gasteiger partial charge in [0.05, 0.1) is 11.4 Å². The van der Waals surface area contributed by atoms with Gasteiger partial charge in [0.1, 0.15) is 5.82 Å². The standard InChI is InChI=1S/C12H20N4O/c1-3-12(17)15-8-4-7-14-11-6-5-10(13)9(2)16-11/h5-6H,3-4,7-8,13H2,1-2H3,(H,14,16)(H,15,17). The van der Waals surface area contributed by atoms with Crippen molar-refractivity contribution in [3.05, 3.63) is 17.8 Å². The normalized spacial score (nSPS) is 10.0. The van der Waals surface area contributed by atoms with E-state index in [2.05, 4.69) is 15.6 Å². The number of pyridine rings is 1. The van der Waals surface area contributed by atoms with Crippen LogP contribution in [-0.2, 0) is 4.79 Å². The van der Waals surface area contributed by atoms with Crippen LogP contribution in [0.25, 0.3) is 0 Å². The van der Waals surface area contributed by atoms with E-state index in [-0.39, 0.29) is 5.91 Å². The van der Waals surface area contributed by atoms with E-state index in [9.17, 15) is 4.79 Å². The summed E-state index contributed by atoms with van der Waals surface area (Å²) < 4.78 is 0. The zero-order valence-electron chi connectivity index (χ0n) is 10.4. The molecule has 0 radical (unpaired) electrons. The maximum absolute atomic E-state index is 11.0. The van der Waals surface area contributed by atoms with Crippen molar-refractivity contribution in [1.82, 2.24) is 10.3 Å². The summed E-state index contributed by atoms with van der Waals surface area (Å²) in [6.45, 7) is 5.19. The smallest absolute Gasteiger partial charge is 0.219 e. The summed E-state index contributed by atoms with van der Waals surface area (Å²) in [5, 5.41) is 6.01. The molecule has 1 aromatic rings. The third-order valence-electron chi connectivity index (χ3n) is 2.43. The van der Waals surface area contributed by atoms with Crippen LogP contribution in [0.1, 0.15) is 25.5 Å². The van der Waals surface area contributed by atoms with E-state index in [0.29, 0.717) is 18.7 Å². The largest absolute Gasteiger partial charge is 0.397 e. The van der Waals surface area contributed by atoms with Gasteiger partial charge in [0.2, 0.25) is 5.91 Å². The molecule has 5 nitrogen and oxygen atoms in total. The third kappa shape index (κ3) is 4.72. The van der Waals surface area contributed by atoms with E-state index in [4.69, 9.17) is 5.73 Å². The first-order valence-electron chi connectivity index (χ1n) is 5.87. The highest BCUT2D eigenvalue weighted by atomic mass is 16.1. The Kier molecular flexibility index (Phi) is 5.26. The number of nitrogens with zero attached hydrogens (tertiary/aromatic N) is 1. The number of hydrogen-bond acceptors (Lipinski definition) is 4. The van der Waals surface area contributed by atoms with Gasteiger partial charge in [-0.05, 0) is 25.5 Å². The molecule has 0 saturated heterocycles. The Morgan fingerprint density at radius 2 is 2.18 bits per heavy atom. The fraction of sp³-hybridized carbons (Fsp3) is 0.500. The summed E-state index contributed by atoms with van der Waals surface area (Å²) in [5.41, 5.74) is 7.20. The Morgan fingerprint density at radius 3 is 2.82 bits per heavy atom. The van der Waals surface area contributed by atoms with Crippen molar-refractivity contribution in [1.29, 1.82) is 0 Å². The summed E-state index contributed by atoms with van der Waals surface area (Å²) >= 11 is 0. The number of hydrogen-bond donors (Lipinski definition) is 3. The molecule has 1 rings (SSSR count). The van der Waals surface area contributed by atoms with Crippen LogP contribution in [0.4, 0.5) is 11.5 Å². The highest BCUT2D eigenvalue weighted by Gasteiger charge is 1.98. The SMILES string of the molecule is CCC(=O)NCCCNc1ccc(N)c(C)n1. The lowest BCUT2D eigenvalue weighted by atomic mass is 10.3. The lowest BCUT2D eigenvalue weighted by molar-refractivity contribution is -0.120. The molecule has 1 amide bonds. The summed E-state index contributed by atoms with van der Waals surface area (Å²) in [7, 11) is 0. The number of carbonyl (C=O) groups is 1. The molecule has 1 heterocycles. The van der Waals surface area contributed by atoms with Crippen molar-refractivity contribution in [2.75, 3.05) is 24.1 Å². The topological polar surface area (TPSA) is 80.0 Å². The zero-order valence-corrected chi connectivity index (χ0v) is 10.4. The first-order valence-corrected chi connectivity index (χ1v) is 5.87. The van der Waals surface area contributed by atoms with Gasteiger partial charge in [0, 0.05) is 19.5 Å². The molecule has 0 fully saturated rings. The maximum atomic E-state index is 11.0. The van der Waals surface area contributed by atoms with Crippen LogP contribution in [0.2, 0.25) is 0 Å². The molecule has 0 saturated carbocycles. The van der Waals surface area contributed by atoms with E-state index in [1.54, 1.807) is 0 Å². The predicted molar refractivity (Wildman–Crippen MR) is 69.8 cm³/mol. The second-order valence-electron chi connectivity index (χ2n) is 3.85. The Labute approximate surface area is 102 Å². The van der Waals surface area contributed by atoms with Crippen molar-refractivity contribution in [2.45, 2.75) is 26.7 Å². The fourth-order valence-electron chi connectivity index (χ4n) is 1.33. The van der Waals surface area contributed by atoms with Gasteiger partial charge < -0.3 is 16.4 Å². The van der Waals surface area contributed by atoms with E-state index < -0.39 is 0 Å². The highest BCUT2D eigenvalue weighted by molar-refractivity contribution is 5.75. The van der Waals surface area contributed by atoms with Crippen LogP contribution in [0, 0.1) is 6.92 Å². The molecule has 0 aliphatic rings. The number of amides is 1. The van der Waals surface area contributed by atoms with E-state index in [0.717, 1.165) is 24.5 Å². The second kappa shape index (κ2) is 6.73. The number of nitrogen functional groups attached to an aromatic ring is 1. The van der Waals surface area contributed by atoms with Crippen LogP contribution in [-0.4, -0.2) is 24.0 Å². The monoisotopic (exact) mass is 236 g/mol. The first kappa shape index (κ1) is 13.3. The van der Waals surface area contributed by atoms with Crippen molar-refractivity contribution in [2.24, 2.45) is 0 Å². The summed E-state index contributed by atoms with van der Waals surface area (Å²) in [6, 6.07) is 3.69. The van der Waals surface area contributed by atoms with Crippen LogP contribution in [0.5, 0.6) is 0 Å². The van der Waals surface area contributed by atoms with Crippen LogP contribution < -0.4 is 16.4 Å². The van der Waals surface area contributed by atoms with Crippen molar-refractivity contribution in [3.8, 4) is 0 Å². The van der Waals surface area contributed by atoms with Crippen LogP contribution in [0.15, 0.2) is 12.1 Å². The molecule has 0 aliphatic heterocycles. The molecular formula is C12H20N4O. The average Bonchev–Trinajstić information content (AvgIpc) is 2.33. The molecule has 5 heteroatoms. The molecule has 0 atom stereocenters.